The number of nitrogens with one attached hydrogen (secondary N) is 2. The number of rotatable bonds is 1. The summed E-state index contributed by atoms with van der Waals surface area (Å²) in [7, 11) is 0. The van der Waals surface area contributed by atoms with E-state index < -0.39 is 5.69 Å². The van der Waals surface area contributed by atoms with E-state index in [1.165, 1.54) is 16.7 Å². The topological polar surface area (TPSA) is 87.1 Å². The van der Waals surface area contributed by atoms with Crippen LogP contribution in [-0.4, -0.2) is 27.7 Å². The van der Waals surface area contributed by atoms with E-state index >= 15 is 0 Å². The van der Waals surface area contributed by atoms with Gasteiger partial charge >= 0.3 is 5.69 Å². The molecule has 0 aliphatic carbocycles. The summed E-state index contributed by atoms with van der Waals surface area (Å²) in [6, 6.07) is 4.28. The van der Waals surface area contributed by atoms with Crippen molar-refractivity contribution in [1.82, 2.24) is 14.9 Å². The highest BCUT2D eigenvalue weighted by Crippen LogP contribution is 2.17. The van der Waals surface area contributed by atoms with E-state index in [2.05, 4.69) is 10.3 Å². The SMILES string of the molecule is O=c1[nH]c2cc(O)ccc2c(=O)n1C1CCCCNC1. The van der Waals surface area contributed by atoms with Crippen LogP contribution in [0.15, 0.2) is 27.8 Å². The number of benzene rings is 1. The quantitative estimate of drug-likeness (QED) is 0.715. The van der Waals surface area contributed by atoms with Crippen LogP contribution in [0.25, 0.3) is 10.9 Å². The van der Waals surface area contributed by atoms with Crippen molar-refractivity contribution in [2.24, 2.45) is 0 Å². The molecule has 0 spiro atoms. The molecule has 0 amide bonds. The highest BCUT2D eigenvalue weighted by atomic mass is 16.3. The number of phenolic OH excluding ortho intramolecular Hbond substituents is 1. The predicted octanol–water partition coefficient (Wildman–Crippen LogP) is 0.710. The Bertz CT molecular complexity index is 739. The van der Waals surface area contributed by atoms with Crippen LogP contribution in [0.5, 0.6) is 5.75 Å². The molecule has 3 rings (SSSR count). The number of aromatic hydroxyl groups is 1. The van der Waals surface area contributed by atoms with Crippen molar-refractivity contribution in [3.05, 3.63) is 39.0 Å². The van der Waals surface area contributed by atoms with E-state index in [0.29, 0.717) is 17.4 Å². The van der Waals surface area contributed by atoms with Crippen LogP contribution in [0.2, 0.25) is 0 Å². The van der Waals surface area contributed by atoms with Gasteiger partial charge in [-0.2, -0.15) is 0 Å². The third-order valence-corrected chi connectivity index (χ3v) is 3.80. The molecule has 1 aliphatic heterocycles. The van der Waals surface area contributed by atoms with Crippen molar-refractivity contribution >= 4 is 10.9 Å². The fourth-order valence-electron chi connectivity index (χ4n) is 2.77. The molecule has 1 aromatic carbocycles. The Morgan fingerprint density at radius 1 is 1.25 bits per heavy atom. The molecule has 0 bridgehead atoms. The van der Waals surface area contributed by atoms with Gasteiger partial charge in [0.05, 0.1) is 16.9 Å². The molecule has 2 heterocycles. The summed E-state index contributed by atoms with van der Waals surface area (Å²) in [5.41, 5.74) is -0.336. The summed E-state index contributed by atoms with van der Waals surface area (Å²) in [5.74, 6) is 0.0291. The molecule has 6 nitrogen and oxygen atoms in total. The molecule has 0 saturated carbocycles. The number of nitrogens with zero attached hydrogens (tertiary/aromatic N) is 1. The van der Waals surface area contributed by atoms with Gasteiger partial charge in [-0.05, 0) is 31.5 Å². The minimum absolute atomic E-state index is 0.0291. The molecule has 1 atom stereocenters. The van der Waals surface area contributed by atoms with Crippen molar-refractivity contribution in [3.63, 3.8) is 0 Å². The van der Waals surface area contributed by atoms with Gasteiger partial charge in [-0.3, -0.25) is 9.36 Å². The molecule has 1 aromatic heterocycles. The van der Waals surface area contributed by atoms with Crippen molar-refractivity contribution in [1.29, 1.82) is 0 Å². The lowest BCUT2D eigenvalue weighted by Crippen LogP contribution is -2.41. The van der Waals surface area contributed by atoms with E-state index in [4.69, 9.17) is 0 Å². The van der Waals surface area contributed by atoms with Crippen LogP contribution in [-0.2, 0) is 0 Å². The average molecular weight is 275 g/mol. The number of hydrogen-bond donors (Lipinski definition) is 3. The van der Waals surface area contributed by atoms with Crippen molar-refractivity contribution in [2.45, 2.75) is 25.3 Å². The number of fused-ring (bicyclic) bond motifs is 1. The van der Waals surface area contributed by atoms with Gasteiger partial charge in [0.1, 0.15) is 5.75 Å². The van der Waals surface area contributed by atoms with Crippen LogP contribution in [0.1, 0.15) is 25.3 Å². The maximum Gasteiger partial charge on any atom is 0.329 e. The highest BCUT2D eigenvalue weighted by molar-refractivity contribution is 5.78. The second-order valence-corrected chi connectivity index (χ2v) is 5.19. The number of aromatic nitrogens is 2. The van der Waals surface area contributed by atoms with Crippen LogP contribution < -0.4 is 16.6 Å². The zero-order valence-corrected chi connectivity index (χ0v) is 11.1. The van der Waals surface area contributed by atoms with Crippen LogP contribution in [0.4, 0.5) is 0 Å². The van der Waals surface area contributed by atoms with E-state index in [0.717, 1.165) is 25.8 Å². The lowest BCUT2D eigenvalue weighted by atomic mass is 10.1. The van der Waals surface area contributed by atoms with Crippen molar-refractivity contribution in [2.75, 3.05) is 13.1 Å². The van der Waals surface area contributed by atoms with Gasteiger partial charge in [0.2, 0.25) is 0 Å². The molecule has 1 unspecified atom stereocenters. The molecular formula is C14H17N3O3. The first kappa shape index (κ1) is 12.9. The zero-order valence-electron chi connectivity index (χ0n) is 11.1. The van der Waals surface area contributed by atoms with Gasteiger partial charge in [0, 0.05) is 12.6 Å². The fourth-order valence-corrected chi connectivity index (χ4v) is 2.77. The summed E-state index contributed by atoms with van der Waals surface area (Å²) >= 11 is 0. The zero-order chi connectivity index (χ0) is 14.1. The molecule has 1 fully saturated rings. The molecule has 1 aliphatic rings. The molecule has 2 aromatic rings. The Morgan fingerprint density at radius 3 is 2.95 bits per heavy atom. The first-order chi connectivity index (χ1) is 9.66. The predicted molar refractivity (Wildman–Crippen MR) is 76.3 cm³/mol. The van der Waals surface area contributed by atoms with Crippen LogP contribution in [0, 0.1) is 0 Å². The monoisotopic (exact) mass is 275 g/mol. The van der Waals surface area contributed by atoms with Gasteiger partial charge in [-0.1, -0.05) is 6.42 Å². The lowest BCUT2D eigenvalue weighted by molar-refractivity contribution is 0.434. The molecule has 0 radical (unpaired) electrons. The van der Waals surface area contributed by atoms with E-state index in [-0.39, 0.29) is 17.4 Å². The normalized spacial score (nSPS) is 19.9. The van der Waals surface area contributed by atoms with Crippen molar-refractivity contribution < 1.29 is 5.11 Å². The number of phenols is 1. The summed E-state index contributed by atoms with van der Waals surface area (Å²) < 4.78 is 1.30. The number of H-pyrrole nitrogens is 1. The van der Waals surface area contributed by atoms with Crippen LogP contribution in [0.3, 0.4) is 0 Å². The lowest BCUT2D eigenvalue weighted by Gasteiger charge is -2.17. The van der Waals surface area contributed by atoms with Gasteiger partial charge in [0.25, 0.3) is 5.56 Å². The molecule has 106 valence electrons. The standard InChI is InChI=1S/C14H17N3O3/c18-10-4-5-11-12(7-10)16-14(20)17(13(11)19)9-3-1-2-6-15-8-9/h4-5,7,9,15,18H,1-3,6,8H2,(H,16,20). The van der Waals surface area contributed by atoms with Crippen molar-refractivity contribution in [3.8, 4) is 5.75 Å². The maximum atomic E-state index is 12.5. The Morgan fingerprint density at radius 2 is 2.10 bits per heavy atom. The van der Waals surface area contributed by atoms with E-state index in [1.807, 2.05) is 0 Å². The van der Waals surface area contributed by atoms with Gasteiger partial charge in [-0.15, -0.1) is 0 Å². The second-order valence-electron chi connectivity index (χ2n) is 5.19. The average Bonchev–Trinajstić information content (AvgIpc) is 2.67. The number of hydrogen-bond acceptors (Lipinski definition) is 4. The summed E-state index contributed by atoms with van der Waals surface area (Å²) in [6.07, 6.45) is 2.88. The van der Waals surface area contributed by atoms with E-state index in [9.17, 15) is 14.7 Å². The minimum atomic E-state index is -0.415. The van der Waals surface area contributed by atoms with Gasteiger partial charge in [0.15, 0.2) is 0 Å². The Labute approximate surface area is 115 Å². The summed E-state index contributed by atoms with van der Waals surface area (Å²) in [4.78, 5) is 27.4. The Balaban J connectivity index is 2.18. The minimum Gasteiger partial charge on any atom is -0.508 e. The fraction of sp³-hybridized carbons (Fsp3) is 0.429. The second kappa shape index (κ2) is 5.13. The smallest absolute Gasteiger partial charge is 0.329 e. The largest absolute Gasteiger partial charge is 0.508 e. The molecule has 20 heavy (non-hydrogen) atoms. The van der Waals surface area contributed by atoms with E-state index in [1.54, 1.807) is 6.07 Å². The first-order valence-electron chi connectivity index (χ1n) is 6.85. The van der Waals surface area contributed by atoms with Gasteiger partial charge in [-0.25, -0.2) is 4.79 Å². The molecule has 6 heteroatoms. The first-order valence-corrected chi connectivity index (χ1v) is 6.85. The third kappa shape index (κ3) is 2.22. The summed E-state index contributed by atoms with van der Waals surface area (Å²) in [6.45, 7) is 1.55. The maximum absolute atomic E-state index is 12.5. The van der Waals surface area contributed by atoms with Gasteiger partial charge < -0.3 is 15.4 Å². The highest BCUT2D eigenvalue weighted by Gasteiger charge is 2.19. The molecular weight excluding hydrogens is 258 g/mol. The Kier molecular flexibility index (Phi) is 3.31. The summed E-state index contributed by atoms with van der Waals surface area (Å²) in [5, 5.41) is 13.1. The molecule has 3 N–H and O–H groups in total. The Hall–Kier alpha value is -2.08. The van der Waals surface area contributed by atoms with Crippen LogP contribution >= 0.6 is 0 Å². The third-order valence-electron chi connectivity index (χ3n) is 3.80. The molecule has 1 saturated heterocycles. The number of aromatic amines is 1.